The van der Waals surface area contributed by atoms with Gasteiger partial charge < -0.3 is 15.2 Å². The topological polar surface area (TPSA) is 58.6 Å². The third-order valence-electron chi connectivity index (χ3n) is 1.44. The van der Waals surface area contributed by atoms with Crippen LogP contribution in [0.3, 0.4) is 0 Å². The van der Waals surface area contributed by atoms with Gasteiger partial charge >= 0.3 is 5.97 Å². The Morgan fingerprint density at radius 2 is 2.08 bits per heavy atom. The van der Waals surface area contributed by atoms with Crippen LogP contribution >= 0.6 is 12.4 Å². The normalized spacial score (nSPS) is 12.1. The van der Waals surface area contributed by atoms with Crippen LogP contribution < -0.4 is 5.32 Å². The number of aliphatic hydroxyl groups excluding tert-OH is 1. The van der Waals surface area contributed by atoms with Crippen LogP contribution in [0.1, 0.15) is 13.8 Å². The number of esters is 1. The molecular weight excluding hydrogens is 194 g/mol. The Balaban J connectivity index is 0. The maximum atomic E-state index is 10.9. The van der Waals surface area contributed by atoms with E-state index in [2.05, 4.69) is 10.1 Å². The SMILES string of the molecule is COC(=O)[C@H](CO)NCC(C)C.Cl. The largest absolute Gasteiger partial charge is 0.468 e. The number of nitrogens with one attached hydrogen (secondary N) is 1. The summed E-state index contributed by atoms with van der Waals surface area (Å²) in [6.45, 7) is 4.52. The molecular formula is C8H18ClNO3. The molecule has 2 N–H and O–H groups in total. The monoisotopic (exact) mass is 211 g/mol. The van der Waals surface area contributed by atoms with Crippen molar-refractivity contribution in [3.05, 3.63) is 0 Å². The number of aliphatic hydroxyl groups is 1. The fourth-order valence-electron chi connectivity index (χ4n) is 0.743. The zero-order valence-corrected chi connectivity index (χ0v) is 9.06. The van der Waals surface area contributed by atoms with Crippen molar-refractivity contribution in [3.63, 3.8) is 0 Å². The molecule has 0 unspecified atom stereocenters. The predicted molar refractivity (Wildman–Crippen MR) is 53.0 cm³/mol. The van der Waals surface area contributed by atoms with Crippen molar-refractivity contribution in [1.82, 2.24) is 5.32 Å². The first kappa shape index (κ1) is 15.2. The summed E-state index contributed by atoms with van der Waals surface area (Å²) in [4.78, 5) is 10.9. The first-order valence-electron chi connectivity index (χ1n) is 4.03. The third-order valence-corrected chi connectivity index (χ3v) is 1.44. The summed E-state index contributed by atoms with van der Waals surface area (Å²) in [5, 5.41) is 11.7. The molecule has 5 heteroatoms. The molecule has 0 saturated carbocycles. The van der Waals surface area contributed by atoms with Gasteiger partial charge in [0.15, 0.2) is 0 Å². The zero-order chi connectivity index (χ0) is 9.56. The standard InChI is InChI=1S/C8H17NO3.ClH/c1-6(2)4-9-7(5-10)8(11)12-3;/h6-7,9-10H,4-5H2,1-3H3;1H/t7-;/m0./s1. The van der Waals surface area contributed by atoms with E-state index >= 15 is 0 Å². The van der Waals surface area contributed by atoms with Crippen molar-refractivity contribution < 1.29 is 14.6 Å². The molecule has 0 aromatic rings. The smallest absolute Gasteiger partial charge is 0.325 e. The number of hydrogen-bond donors (Lipinski definition) is 2. The van der Waals surface area contributed by atoms with E-state index in [0.717, 1.165) is 0 Å². The fourth-order valence-corrected chi connectivity index (χ4v) is 0.743. The summed E-state index contributed by atoms with van der Waals surface area (Å²) < 4.78 is 4.47. The Labute approximate surface area is 85.1 Å². The van der Waals surface area contributed by atoms with Crippen molar-refractivity contribution in [3.8, 4) is 0 Å². The summed E-state index contributed by atoms with van der Waals surface area (Å²) >= 11 is 0. The van der Waals surface area contributed by atoms with Crippen LogP contribution in [0, 0.1) is 5.92 Å². The second-order valence-corrected chi connectivity index (χ2v) is 3.06. The lowest BCUT2D eigenvalue weighted by Gasteiger charge is -2.14. The van der Waals surface area contributed by atoms with Crippen molar-refractivity contribution in [2.24, 2.45) is 5.92 Å². The van der Waals surface area contributed by atoms with Gasteiger partial charge in [-0.2, -0.15) is 0 Å². The number of rotatable bonds is 5. The molecule has 80 valence electrons. The molecule has 0 radical (unpaired) electrons. The van der Waals surface area contributed by atoms with Crippen molar-refractivity contribution in [1.29, 1.82) is 0 Å². The van der Waals surface area contributed by atoms with Gasteiger partial charge in [0.25, 0.3) is 0 Å². The predicted octanol–water partition coefficient (Wildman–Crippen LogP) is 0.188. The Hall–Kier alpha value is -0.320. The van der Waals surface area contributed by atoms with E-state index in [4.69, 9.17) is 5.11 Å². The summed E-state index contributed by atoms with van der Waals surface area (Å²) in [5.74, 6) is 0.0295. The maximum Gasteiger partial charge on any atom is 0.325 e. The number of hydrogen-bond acceptors (Lipinski definition) is 4. The highest BCUT2D eigenvalue weighted by atomic mass is 35.5. The van der Waals surface area contributed by atoms with E-state index in [0.29, 0.717) is 12.5 Å². The molecule has 0 aromatic heterocycles. The highest BCUT2D eigenvalue weighted by molar-refractivity contribution is 5.85. The highest BCUT2D eigenvalue weighted by Gasteiger charge is 2.16. The van der Waals surface area contributed by atoms with Crippen LogP contribution in [0.25, 0.3) is 0 Å². The Bertz CT molecular complexity index is 141. The minimum atomic E-state index is -0.586. The summed E-state index contributed by atoms with van der Waals surface area (Å²) in [6.07, 6.45) is 0. The van der Waals surface area contributed by atoms with E-state index in [1.807, 2.05) is 13.8 Å². The molecule has 0 amide bonds. The Morgan fingerprint density at radius 3 is 2.38 bits per heavy atom. The minimum Gasteiger partial charge on any atom is -0.468 e. The number of ether oxygens (including phenoxy) is 1. The van der Waals surface area contributed by atoms with Crippen LogP contribution in [-0.4, -0.2) is 37.4 Å². The molecule has 0 fully saturated rings. The van der Waals surface area contributed by atoms with Crippen molar-refractivity contribution in [2.75, 3.05) is 20.3 Å². The van der Waals surface area contributed by atoms with Gasteiger partial charge in [0, 0.05) is 0 Å². The van der Waals surface area contributed by atoms with Crippen LogP contribution in [-0.2, 0) is 9.53 Å². The van der Waals surface area contributed by atoms with E-state index in [1.54, 1.807) is 0 Å². The van der Waals surface area contributed by atoms with Gasteiger partial charge in [0.05, 0.1) is 13.7 Å². The minimum absolute atomic E-state index is 0. The second-order valence-electron chi connectivity index (χ2n) is 3.06. The third kappa shape index (κ3) is 6.81. The zero-order valence-electron chi connectivity index (χ0n) is 8.24. The number of carbonyl (C=O) groups excluding carboxylic acids is 1. The molecule has 13 heavy (non-hydrogen) atoms. The van der Waals surface area contributed by atoms with Gasteiger partial charge in [-0.1, -0.05) is 13.8 Å². The first-order chi connectivity index (χ1) is 5.61. The van der Waals surface area contributed by atoms with Gasteiger partial charge in [0.1, 0.15) is 6.04 Å². The molecule has 0 aromatic carbocycles. The lowest BCUT2D eigenvalue weighted by molar-refractivity contribution is -0.144. The Morgan fingerprint density at radius 1 is 1.54 bits per heavy atom. The average molecular weight is 212 g/mol. The van der Waals surface area contributed by atoms with Gasteiger partial charge in [-0.05, 0) is 12.5 Å². The van der Waals surface area contributed by atoms with Crippen LogP contribution in [0.2, 0.25) is 0 Å². The summed E-state index contributed by atoms with van der Waals surface area (Å²) in [5.41, 5.74) is 0. The van der Waals surface area contributed by atoms with Crippen molar-refractivity contribution in [2.45, 2.75) is 19.9 Å². The van der Waals surface area contributed by atoms with Crippen LogP contribution in [0.5, 0.6) is 0 Å². The average Bonchev–Trinajstić information content (AvgIpc) is 2.04. The number of methoxy groups -OCH3 is 1. The lowest BCUT2D eigenvalue weighted by atomic mass is 10.2. The molecule has 0 heterocycles. The fraction of sp³-hybridized carbons (Fsp3) is 0.875. The van der Waals surface area contributed by atoms with Gasteiger partial charge in [0.2, 0.25) is 0 Å². The number of carbonyl (C=O) groups is 1. The van der Waals surface area contributed by atoms with Crippen molar-refractivity contribution >= 4 is 18.4 Å². The quantitative estimate of drug-likeness (QED) is 0.638. The van der Waals surface area contributed by atoms with E-state index in [-0.39, 0.29) is 19.0 Å². The van der Waals surface area contributed by atoms with E-state index < -0.39 is 12.0 Å². The molecule has 0 rings (SSSR count). The molecule has 0 spiro atoms. The maximum absolute atomic E-state index is 10.9. The molecule has 1 atom stereocenters. The molecule has 4 nitrogen and oxygen atoms in total. The summed E-state index contributed by atoms with van der Waals surface area (Å²) in [7, 11) is 1.31. The Kier molecular flexibility index (Phi) is 9.67. The van der Waals surface area contributed by atoms with Crippen LogP contribution in [0.15, 0.2) is 0 Å². The molecule has 0 aliphatic rings. The van der Waals surface area contributed by atoms with E-state index in [1.165, 1.54) is 7.11 Å². The molecule has 0 bridgehead atoms. The van der Waals surface area contributed by atoms with Gasteiger partial charge in [-0.3, -0.25) is 4.79 Å². The van der Waals surface area contributed by atoms with E-state index in [9.17, 15) is 4.79 Å². The van der Waals surface area contributed by atoms with Crippen LogP contribution in [0.4, 0.5) is 0 Å². The second kappa shape index (κ2) is 8.29. The highest BCUT2D eigenvalue weighted by Crippen LogP contribution is 1.91. The summed E-state index contributed by atoms with van der Waals surface area (Å²) in [6, 6.07) is -0.586. The molecule has 0 aliphatic carbocycles. The van der Waals surface area contributed by atoms with Gasteiger partial charge in [-0.15, -0.1) is 12.4 Å². The molecule has 0 aliphatic heterocycles. The number of halogens is 1. The molecule has 0 saturated heterocycles. The first-order valence-corrected chi connectivity index (χ1v) is 4.03. The van der Waals surface area contributed by atoms with Gasteiger partial charge in [-0.25, -0.2) is 0 Å². The lowest BCUT2D eigenvalue weighted by Crippen LogP contribution is -2.42.